The number of halogens is 2. The lowest BCUT2D eigenvalue weighted by Gasteiger charge is -2.33. The normalized spacial score (nSPS) is 20.7. The molecule has 3 aliphatic heterocycles. The Morgan fingerprint density at radius 2 is 1.12 bits per heavy atom. The van der Waals surface area contributed by atoms with Gasteiger partial charge in [-0.25, -0.2) is 28.3 Å². The molecule has 3 aliphatic rings. The fraction of sp³-hybridized carbons (Fsp3) is 0.500. The number of fused-ring (bicyclic) bond motifs is 2. The fourth-order valence-corrected chi connectivity index (χ4v) is 9.91. The van der Waals surface area contributed by atoms with Crippen LogP contribution in [0.15, 0.2) is 60.7 Å². The van der Waals surface area contributed by atoms with Crippen LogP contribution in [-0.2, 0) is 19.1 Å². The number of hydrogen-bond donors (Lipinski definition) is 4. The van der Waals surface area contributed by atoms with Gasteiger partial charge in [0.2, 0.25) is 11.8 Å². The minimum atomic E-state index is -2.59. The molecule has 352 valence electrons. The zero-order valence-electron chi connectivity index (χ0n) is 38.2. The third-order valence-electron chi connectivity index (χ3n) is 13.2. The highest BCUT2D eigenvalue weighted by atomic mass is 19.3. The van der Waals surface area contributed by atoms with Crippen LogP contribution in [0.5, 0.6) is 5.75 Å². The quantitative estimate of drug-likeness (QED) is 0.0845. The molecule has 3 saturated heterocycles. The summed E-state index contributed by atoms with van der Waals surface area (Å²) in [6.45, 7) is 7.94. The van der Waals surface area contributed by atoms with Gasteiger partial charge in [-0.1, -0.05) is 39.8 Å². The van der Waals surface area contributed by atoms with Crippen LogP contribution >= 0.6 is 0 Å². The van der Waals surface area contributed by atoms with Crippen LogP contribution in [0.1, 0.15) is 113 Å². The Bertz CT molecular complexity index is 2400. The number of alkyl carbamates (subject to hydrolysis) is 2. The van der Waals surface area contributed by atoms with Crippen molar-refractivity contribution < 1.29 is 42.2 Å². The van der Waals surface area contributed by atoms with Crippen LogP contribution in [0.2, 0.25) is 0 Å². The van der Waals surface area contributed by atoms with Crippen molar-refractivity contribution in [3.05, 3.63) is 83.4 Å². The van der Waals surface area contributed by atoms with Crippen LogP contribution in [0.3, 0.4) is 0 Å². The van der Waals surface area contributed by atoms with Crippen molar-refractivity contribution in [1.29, 1.82) is 0 Å². The van der Waals surface area contributed by atoms with Crippen molar-refractivity contribution in [3.63, 3.8) is 0 Å². The Kier molecular flexibility index (Phi) is 13.7. The second kappa shape index (κ2) is 19.6. The number of amides is 4. The Morgan fingerprint density at radius 3 is 1.53 bits per heavy atom. The summed E-state index contributed by atoms with van der Waals surface area (Å²) in [5.74, 6) is 1.05. The number of aromatic amines is 2. The van der Waals surface area contributed by atoms with E-state index in [9.17, 15) is 28.0 Å². The van der Waals surface area contributed by atoms with Crippen LogP contribution in [0, 0.1) is 11.8 Å². The summed E-state index contributed by atoms with van der Waals surface area (Å²) < 4.78 is 41.0. The molecule has 2 aromatic heterocycles. The molecule has 0 spiro atoms. The highest BCUT2D eigenvalue weighted by molar-refractivity contribution is 5.87. The molecule has 3 fully saturated rings. The number of anilines is 1. The van der Waals surface area contributed by atoms with Crippen molar-refractivity contribution in [2.24, 2.45) is 11.8 Å². The number of likely N-dealkylation sites (tertiary alicyclic amines) is 2. The molecule has 16 nitrogen and oxygen atoms in total. The molecule has 0 unspecified atom stereocenters. The summed E-state index contributed by atoms with van der Waals surface area (Å²) in [7, 11) is 2.55. The number of alkyl halides is 2. The first-order valence-electron chi connectivity index (χ1n) is 22.8. The molecule has 66 heavy (non-hydrogen) atoms. The predicted octanol–water partition coefficient (Wildman–Crippen LogP) is 8.25. The lowest BCUT2D eigenvalue weighted by atomic mass is 10.0. The van der Waals surface area contributed by atoms with Crippen molar-refractivity contribution in [1.82, 2.24) is 40.4 Å². The molecule has 4 amide bonds. The molecule has 3 aromatic carbocycles. The lowest BCUT2D eigenvalue weighted by Crippen LogP contribution is -2.51. The van der Waals surface area contributed by atoms with Gasteiger partial charge < -0.3 is 49.5 Å². The summed E-state index contributed by atoms with van der Waals surface area (Å²) in [6.07, 6.45) is 0.747. The minimum absolute atomic E-state index is 0.0849. The second-order valence-corrected chi connectivity index (χ2v) is 18.1. The zero-order valence-corrected chi connectivity index (χ0v) is 38.2. The molecular weight excluding hydrogens is 853 g/mol. The van der Waals surface area contributed by atoms with E-state index in [0.717, 1.165) is 77.4 Å². The summed E-state index contributed by atoms with van der Waals surface area (Å²) in [6, 6.07) is 17.4. The Labute approximate surface area is 382 Å². The van der Waals surface area contributed by atoms with Gasteiger partial charge in [-0.05, 0) is 110 Å². The number of imidazole rings is 2. The van der Waals surface area contributed by atoms with Crippen molar-refractivity contribution in [2.75, 3.05) is 38.8 Å². The lowest BCUT2D eigenvalue weighted by molar-refractivity contribution is -0.136. The molecule has 0 radical (unpaired) electrons. The summed E-state index contributed by atoms with van der Waals surface area (Å²) >= 11 is 0. The van der Waals surface area contributed by atoms with Gasteiger partial charge in [-0.3, -0.25) is 9.59 Å². The van der Waals surface area contributed by atoms with Crippen molar-refractivity contribution in [3.8, 4) is 5.75 Å². The number of carbonyl (C=O) groups excluding carboxylic acids is 4. The average Bonchev–Trinajstić information content (AvgIpc) is 4.17. The number of aromatic nitrogens is 4. The maximum atomic E-state index is 13.9. The van der Waals surface area contributed by atoms with Gasteiger partial charge >= 0.3 is 12.2 Å². The summed E-state index contributed by atoms with van der Waals surface area (Å²) in [5, 5.41) is 5.42. The number of H-pyrrole nitrogens is 2. The molecule has 8 rings (SSSR count). The van der Waals surface area contributed by atoms with Crippen molar-refractivity contribution >= 4 is 51.8 Å². The van der Waals surface area contributed by atoms with E-state index in [1.54, 1.807) is 21.9 Å². The van der Waals surface area contributed by atoms with Crippen LogP contribution in [0.25, 0.3) is 22.1 Å². The van der Waals surface area contributed by atoms with E-state index >= 15 is 0 Å². The highest BCUT2D eigenvalue weighted by Gasteiger charge is 2.40. The van der Waals surface area contributed by atoms with Gasteiger partial charge in [0.1, 0.15) is 36.1 Å². The maximum absolute atomic E-state index is 13.9. The molecule has 0 aliphatic carbocycles. The Hall–Kier alpha value is -6.46. The van der Waals surface area contributed by atoms with Gasteiger partial charge in [-0.15, -0.1) is 0 Å². The summed E-state index contributed by atoms with van der Waals surface area (Å²) in [4.78, 5) is 75.0. The topological polar surface area (TPSA) is 187 Å². The number of hydrogen-bond acceptors (Lipinski definition) is 10. The summed E-state index contributed by atoms with van der Waals surface area (Å²) in [5.41, 5.74) is 6.20. The van der Waals surface area contributed by atoms with E-state index in [4.69, 9.17) is 24.2 Å². The molecule has 18 heteroatoms. The fourth-order valence-electron chi connectivity index (χ4n) is 9.91. The number of carbonyl (C=O) groups is 4. The first-order chi connectivity index (χ1) is 31.7. The van der Waals surface area contributed by atoms with Gasteiger partial charge in [-0.2, -0.15) is 0 Å². The van der Waals surface area contributed by atoms with Crippen LogP contribution < -0.4 is 20.3 Å². The molecule has 6 atom stereocenters. The number of benzene rings is 3. The van der Waals surface area contributed by atoms with Crippen LogP contribution in [0.4, 0.5) is 24.1 Å². The van der Waals surface area contributed by atoms with Crippen LogP contribution in [-0.4, -0.2) is 106 Å². The molecule has 5 heterocycles. The number of rotatable bonds is 14. The van der Waals surface area contributed by atoms with E-state index in [-0.39, 0.29) is 47.8 Å². The smallest absolute Gasteiger partial charge is 0.407 e. The second-order valence-electron chi connectivity index (χ2n) is 18.1. The van der Waals surface area contributed by atoms with Gasteiger partial charge in [0.25, 0.3) is 6.43 Å². The van der Waals surface area contributed by atoms with E-state index < -0.39 is 37.3 Å². The Balaban J connectivity index is 1.08. The van der Waals surface area contributed by atoms with Gasteiger partial charge in [0.05, 0.1) is 60.5 Å². The van der Waals surface area contributed by atoms with E-state index in [2.05, 4.69) is 49.8 Å². The zero-order chi connectivity index (χ0) is 46.8. The number of nitrogens with zero attached hydrogens (tertiary/aromatic N) is 5. The molecule has 0 bridgehead atoms. The highest BCUT2D eigenvalue weighted by Crippen LogP contribution is 2.48. The Morgan fingerprint density at radius 1 is 0.667 bits per heavy atom. The monoisotopic (exact) mass is 911 g/mol. The first-order valence-corrected chi connectivity index (χ1v) is 22.8. The van der Waals surface area contributed by atoms with E-state index in [1.807, 2.05) is 52.0 Å². The maximum Gasteiger partial charge on any atom is 0.407 e. The number of methoxy groups -OCH3 is 2. The number of nitrogens with one attached hydrogen (secondary N) is 4. The van der Waals surface area contributed by atoms with Crippen molar-refractivity contribution in [2.45, 2.75) is 109 Å². The van der Waals surface area contributed by atoms with Gasteiger partial charge in [0, 0.05) is 18.8 Å². The molecule has 0 saturated carbocycles. The third kappa shape index (κ3) is 9.45. The minimum Gasteiger partial charge on any atom is -0.488 e. The first kappa shape index (κ1) is 46.1. The van der Waals surface area contributed by atoms with Gasteiger partial charge in [0.15, 0.2) is 0 Å². The SMILES string of the molecule is COC(=O)N[C@H](C(=O)N1CCC[C@H]1c1nc2ccc([C@H]3CC[C@H](c4ccc5nc([C@@H]6CCCN6C(=O)[C@@H](NC(=O)OC)C(C)C)[nH]c5c4)N3c3ccc(OCC(F)F)cc3)cc2[nH]1)C(C)C. The molecular formula is C48H59F2N9O7. The predicted molar refractivity (Wildman–Crippen MR) is 243 cm³/mol. The molecule has 5 aromatic rings. The molecule has 4 N–H and O–H groups in total. The third-order valence-corrected chi connectivity index (χ3v) is 13.2. The largest absolute Gasteiger partial charge is 0.488 e. The number of ether oxygens (including phenoxy) is 3. The van der Waals surface area contributed by atoms with E-state index in [0.29, 0.717) is 30.5 Å². The average molecular weight is 912 g/mol. The standard InChI is InChI=1S/C48H59F2N9O7/c1-26(2)41(55-47(62)64-5)45(60)57-21-7-9-38(57)43-51-32-17-11-28(23-34(32)53-43)36-19-20-37(59(36)30-13-15-31(16-14-30)66-25-40(49)50)29-12-18-33-35(24-29)54-44(52-33)39-10-8-22-58(39)46(61)42(27(3)4)56-48(63)65-6/h11-18,23-24,26-27,36-42H,7-10,19-22,25H2,1-6H3,(H,51,53)(H,52,54)(H,55,62)(H,56,63)/t36-,37-,38+,39+,41+,42+/m1/s1. The van der Waals surface area contributed by atoms with E-state index in [1.165, 1.54) is 14.2 Å².